The molecule has 106 valence electrons. The molecule has 0 saturated carbocycles. The summed E-state index contributed by atoms with van der Waals surface area (Å²) < 4.78 is 5.26. The van der Waals surface area contributed by atoms with Crippen molar-refractivity contribution >= 4 is 6.03 Å². The second-order valence-electron chi connectivity index (χ2n) is 4.34. The number of hydrogen-bond acceptors (Lipinski definition) is 6. The van der Waals surface area contributed by atoms with Crippen LogP contribution in [0.5, 0.6) is 0 Å². The van der Waals surface area contributed by atoms with Gasteiger partial charge in [0.25, 0.3) is 0 Å². The molecule has 2 amide bonds. The number of carbonyl (C=O) groups is 1. The maximum absolute atomic E-state index is 11.9. The summed E-state index contributed by atoms with van der Waals surface area (Å²) in [6.45, 7) is -0.438. The van der Waals surface area contributed by atoms with E-state index in [2.05, 4.69) is 5.32 Å². The Morgan fingerprint density at radius 1 is 1.47 bits per heavy atom. The summed E-state index contributed by atoms with van der Waals surface area (Å²) in [5.74, 6) is 0. The molecule has 6 N–H and O–H groups in total. The predicted molar refractivity (Wildman–Crippen MR) is 64.4 cm³/mol. The topological polar surface area (TPSA) is 128 Å². The van der Waals surface area contributed by atoms with Gasteiger partial charge in [0, 0.05) is 6.20 Å². The van der Waals surface area contributed by atoms with Crippen LogP contribution in [0.2, 0.25) is 0 Å². The van der Waals surface area contributed by atoms with Crippen molar-refractivity contribution in [3.8, 4) is 0 Å². The maximum Gasteiger partial charge on any atom is 0.324 e. The predicted octanol–water partition coefficient (Wildman–Crippen LogP) is -2.19. The normalized spacial score (nSPS) is 39.0. The number of aliphatic hydroxyl groups is 3. The molecule has 0 aromatic heterocycles. The van der Waals surface area contributed by atoms with Crippen LogP contribution >= 0.6 is 0 Å². The molecule has 8 heteroatoms. The van der Waals surface area contributed by atoms with Gasteiger partial charge in [0.2, 0.25) is 0 Å². The van der Waals surface area contributed by atoms with Gasteiger partial charge in [0.1, 0.15) is 18.3 Å². The van der Waals surface area contributed by atoms with Crippen LogP contribution in [0.25, 0.3) is 0 Å². The van der Waals surface area contributed by atoms with Crippen molar-refractivity contribution in [3.63, 3.8) is 0 Å². The molecular formula is C11H17N3O5. The van der Waals surface area contributed by atoms with E-state index in [1.54, 1.807) is 12.2 Å². The lowest BCUT2D eigenvalue weighted by Gasteiger charge is -2.31. The summed E-state index contributed by atoms with van der Waals surface area (Å²) in [6, 6.07) is -0.814. The molecule has 2 aliphatic heterocycles. The Morgan fingerprint density at radius 3 is 2.74 bits per heavy atom. The van der Waals surface area contributed by atoms with Crippen LogP contribution in [0.4, 0.5) is 4.79 Å². The van der Waals surface area contributed by atoms with E-state index in [4.69, 9.17) is 15.6 Å². The first-order valence-electron chi connectivity index (χ1n) is 5.86. The minimum absolute atomic E-state index is 0.328. The van der Waals surface area contributed by atoms with Gasteiger partial charge in [-0.25, -0.2) is 4.79 Å². The summed E-state index contributed by atoms with van der Waals surface area (Å²) in [7, 11) is 0. The van der Waals surface area contributed by atoms with E-state index in [9.17, 15) is 15.0 Å². The summed E-state index contributed by atoms with van der Waals surface area (Å²) in [6.07, 6.45) is 1.53. The van der Waals surface area contributed by atoms with E-state index in [1.807, 2.05) is 0 Å². The molecule has 19 heavy (non-hydrogen) atoms. The van der Waals surface area contributed by atoms with Crippen LogP contribution in [0.15, 0.2) is 24.6 Å². The van der Waals surface area contributed by atoms with Crippen molar-refractivity contribution in [1.29, 1.82) is 0 Å². The average molecular weight is 271 g/mol. The molecule has 0 aromatic rings. The smallest absolute Gasteiger partial charge is 0.324 e. The number of nitrogens with one attached hydrogen (secondary N) is 1. The highest BCUT2D eigenvalue weighted by molar-refractivity contribution is 5.77. The number of carbonyl (C=O) groups excluding carboxylic acids is 1. The average Bonchev–Trinajstić information content (AvgIpc) is 2.67. The molecule has 5 atom stereocenters. The van der Waals surface area contributed by atoms with Crippen molar-refractivity contribution in [2.75, 3.05) is 6.61 Å². The monoisotopic (exact) mass is 271 g/mol. The molecule has 0 bridgehead atoms. The minimum Gasteiger partial charge on any atom is -0.405 e. The zero-order chi connectivity index (χ0) is 14.0. The molecule has 0 aromatic carbocycles. The van der Waals surface area contributed by atoms with Crippen LogP contribution in [-0.4, -0.2) is 63.4 Å². The second-order valence-corrected chi connectivity index (χ2v) is 4.34. The Labute approximate surface area is 109 Å². The van der Waals surface area contributed by atoms with E-state index in [1.165, 1.54) is 12.4 Å². The first kappa shape index (κ1) is 13.8. The molecule has 0 spiro atoms. The number of nitrogens with zero attached hydrogens (tertiary/aromatic N) is 1. The molecule has 2 rings (SSSR count). The zero-order valence-corrected chi connectivity index (χ0v) is 10.1. The SMILES string of the molecule is N/C=C/C1C=CN([C@@H]2O[C@H](CO)[C@H](O)[C@@H]2O)C(=O)N1. The molecule has 0 aliphatic carbocycles. The highest BCUT2D eigenvalue weighted by atomic mass is 16.6. The largest absolute Gasteiger partial charge is 0.405 e. The highest BCUT2D eigenvalue weighted by Gasteiger charge is 2.46. The summed E-state index contributed by atoms with van der Waals surface area (Å²) in [5, 5.41) is 31.1. The van der Waals surface area contributed by atoms with Crippen LogP contribution < -0.4 is 11.1 Å². The quantitative estimate of drug-likeness (QED) is 0.396. The van der Waals surface area contributed by atoms with Crippen LogP contribution in [-0.2, 0) is 4.74 Å². The Balaban J connectivity index is 2.11. The molecule has 2 aliphatic rings. The van der Waals surface area contributed by atoms with Crippen LogP contribution in [0.1, 0.15) is 0 Å². The fourth-order valence-corrected chi connectivity index (χ4v) is 2.06. The lowest BCUT2D eigenvalue weighted by molar-refractivity contribution is -0.0659. The van der Waals surface area contributed by atoms with Crippen molar-refractivity contribution in [3.05, 3.63) is 24.6 Å². The van der Waals surface area contributed by atoms with Gasteiger partial charge >= 0.3 is 6.03 Å². The lowest BCUT2D eigenvalue weighted by atomic mass is 10.1. The van der Waals surface area contributed by atoms with E-state index in [-0.39, 0.29) is 6.04 Å². The first-order valence-corrected chi connectivity index (χ1v) is 5.86. The van der Waals surface area contributed by atoms with E-state index < -0.39 is 37.2 Å². The fraction of sp³-hybridized carbons (Fsp3) is 0.545. The summed E-state index contributed by atoms with van der Waals surface area (Å²) in [4.78, 5) is 13.0. The van der Waals surface area contributed by atoms with Gasteiger partial charge in [-0.3, -0.25) is 4.90 Å². The third-order valence-corrected chi connectivity index (χ3v) is 3.09. The Bertz CT molecular complexity index is 400. The molecule has 1 unspecified atom stereocenters. The molecule has 8 nitrogen and oxygen atoms in total. The van der Waals surface area contributed by atoms with Gasteiger partial charge in [-0.1, -0.05) is 0 Å². The number of urea groups is 1. The van der Waals surface area contributed by atoms with Gasteiger partial charge in [-0.2, -0.15) is 0 Å². The number of rotatable bonds is 3. The maximum atomic E-state index is 11.9. The number of aliphatic hydroxyl groups excluding tert-OH is 3. The van der Waals surface area contributed by atoms with Gasteiger partial charge in [-0.05, 0) is 18.4 Å². The lowest BCUT2D eigenvalue weighted by Crippen LogP contribution is -2.52. The van der Waals surface area contributed by atoms with Crippen LogP contribution in [0, 0.1) is 0 Å². The fourth-order valence-electron chi connectivity index (χ4n) is 2.06. The minimum atomic E-state index is -1.28. The molecule has 0 radical (unpaired) electrons. The highest BCUT2D eigenvalue weighted by Crippen LogP contribution is 2.25. The standard InChI is InChI=1S/C11H17N3O5/c12-3-1-6-2-4-14(11(18)13-6)10-9(17)8(16)7(5-15)19-10/h1-4,6-10,15-17H,5,12H2,(H,13,18)/b3-1+/t6?,7-,8+,9+,10-/m1/s1. The number of amides is 2. The molecular weight excluding hydrogens is 254 g/mol. The van der Waals surface area contributed by atoms with Crippen molar-refractivity contribution in [2.24, 2.45) is 5.73 Å². The Morgan fingerprint density at radius 2 is 2.21 bits per heavy atom. The second kappa shape index (κ2) is 5.57. The van der Waals surface area contributed by atoms with Gasteiger partial charge in [0.15, 0.2) is 6.23 Å². The van der Waals surface area contributed by atoms with Crippen molar-refractivity contribution in [2.45, 2.75) is 30.6 Å². The number of ether oxygens (including phenoxy) is 1. The summed E-state index contributed by atoms with van der Waals surface area (Å²) >= 11 is 0. The number of nitrogens with two attached hydrogens (primary N) is 1. The number of hydrogen-bond donors (Lipinski definition) is 5. The van der Waals surface area contributed by atoms with Gasteiger partial charge in [0.05, 0.1) is 12.6 Å². The molecule has 1 saturated heterocycles. The zero-order valence-electron chi connectivity index (χ0n) is 10.1. The van der Waals surface area contributed by atoms with Gasteiger partial charge < -0.3 is 31.1 Å². The Hall–Kier alpha value is -1.61. The van der Waals surface area contributed by atoms with Crippen LogP contribution in [0.3, 0.4) is 0 Å². The van der Waals surface area contributed by atoms with E-state index in [0.29, 0.717) is 0 Å². The molecule has 1 fully saturated rings. The Kier molecular flexibility index (Phi) is 4.05. The third-order valence-electron chi connectivity index (χ3n) is 3.09. The first-order chi connectivity index (χ1) is 9.08. The van der Waals surface area contributed by atoms with Crippen molar-refractivity contribution in [1.82, 2.24) is 10.2 Å². The molecule has 2 heterocycles. The van der Waals surface area contributed by atoms with Crippen molar-refractivity contribution < 1.29 is 24.9 Å². The van der Waals surface area contributed by atoms with Gasteiger partial charge in [-0.15, -0.1) is 0 Å². The van der Waals surface area contributed by atoms with E-state index >= 15 is 0 Å². The third kappa shape index (κ3) is 2.56. The summed E-state index contributed by atoms with van der Waals surface area (Å²) in [5.41, 5.74) is 5.23. The van der Waals surface area contributed by atoms with E-state index in [0.717, 1.165) is 4.90 Å².